The Hall–Kier alpha value is -1.55. The Balaban J connectivity index is 1.68. The monoisotopic (exact) mass is 314 g/mol. The molecule has 2 aliphatic heterocycles. The van der Waals surface area contributed by atoms with E-state index >= 15 is 0 Å². The number of benzene rings is 1. The maximum Gasteiger partial charge on any atom is 0.224 e. The van der Waals surface area contributed by atoms with E-state index in [1.165, 1.54) is 24.1 Å². The quantitative estimate of drug-likeness (QED) is 0.841. The first-order valence-corrected chi connectivity index (χ1v) is 8.90. The molecule has 2 heterocycles. The molecule has 0 aromatic heterocycles. The van der Waals surface area contributed by atoms with Crippen LogP contribution in [0.1, 0.15) is 32.3 Å². The summed E-state index contributed by atoms with van der Waals surface area (Å²) in [7, 11) is 0. The lowest BCUT2D eigenvalue weighted by Gasteiger charge is -2.42. The summed E-state index contributed by atoms with van der Waals surface area (Å²) in [4.78, 5) is 16.8. The standard InChI is InChI=1S/C19H26N2O2/c1-13-11-16-12-17(20-7-9-23-10-8-20)5-6-18(16)21(14(2)22)19(13)15-3-4-15/h5-6,12-13,15,19H,3-4,7-11H2,1-2H3/t13-,19-/m1/s1. The minimum Gasteiger partial charge on any atom is -0.378 e. The molecule has 1 saturated heterocycles. The van der Waals surface area contributed by atoms with Crippen LogP contribution in [0.4, 0.5) is 11.4 Å². The van der Waals surface area contributed by atoms with Gasteiger partial charge < -0.3 is 14.5 Å². The fourth-order valence-electron chi connectivity index (χ4n) is 4.36. The number of morpholine rings is 1. The molecule has 1 aliphatic carbocycles. The number of nitrogens with zero attached hydrogens (tertiary/aromatic N) is 2. The molecule has 3 aliphatic rings. The van der Waals surface area contributed by atoms with Gasteiger partial charge in [-0.25, -0.2) is 0 Å². The molecule has 1 amide bonds. The van der Waals surface area contributed by atoms with Crippen molar-refractivity contribution in [1.82, 2.24) is 0 Å². The molecule has 0 spiro atoms. The number of carbonyl (C=O) groups excluding carboxylic acids is 1. The lowest BCUT2D eigenvalue weighted by molar-refractivity contribution is -0.117. The minimum absolute atomic E-state index is 0.189. The molecule has 2 atom stereocenters. The first-order chi connectivity index (χ1) is 11.1. The molecule has 1 aromatic carbocycles. The van der Waals surface area contributed by atoms with E-state index in [1.807, 2.05) is 0 Å². The Morgan fingerprint density at radius 3 is 2.61 bits per heavy atom. The van der Waals surface area contributed by atoms with Crippen molar-refractivity contribution in [3.63, 3.8) is 0 Å². The van der Waals surface area contributed by atoms with Crippen molar-refractivity contribution in [1.29, 1.82) is 0 Å². The Labute approximate surface area is 138 Å². The summed E-state index contributed by atoms with van der Waals surface area (Å²) in [6, 6.07) is 7.05. The molecule has 4 nitrogen and oxygen atoms in total. The van der Waals surface area contributed by atoms with E-state index in [9.17, 15) is 4.79 Å². The molecule has 1 saturated carbocycles. The predicted molar refractivity (Wildman–Crippen MR) is 92.0 cm³/mol. The number of carbonyl (C=O) groups is 1. The number of fused-ring (bicyclic) bond motifs is 1. The third kappa shape index (κ3) is 2.74. The van der Waals surface area contributed by atoms with Gasteiger partial charge in [-0.3, -0.25) is 4.79 Å². The predicted octanol–water partition coefficient (Wildman–Crippen LogP) is 2.85. The highest BCUT2D eigenvalue weighted by atomic mass is 16.5. The zero-order valence-corrected chi connectivity index (χ0v) is 14.1. The van der Waals surface area contributed by atoms with Gasteiger partial charge in [0, 0.05) is 37.4 Å². The lowest BCUT2D eigenvalue weighted by atomic mass is 9.84. The van der Waals surface area contributed by atoms with Crippen LogP contribution in [-0.4, -0.2) is 38.3 Å². The van der Waals surface area contributed by atoms with E-state index in [0.717, 1.165) is 38.4 Å². The van der Waals surface area contributed by atoms with Crippen LogP contribution in [0.2, 0.25) is 0 Å². The topological polar surface area (TPSA) is 32.8 Å². The second-order valence-electron chi connectivity index (χ2n) is 7.31. The van der Waals surface area contributed by atoms with Gasteiger partial charge >= 0.3 is 0 Å². The van der Waals surface area contributed by atoms with Crippen LogP contribution in [0.25, 0.3) is 0 Å². The Morgan fingerprint density at radius 1 is 1.22 bits per heavy atom. The van der Waals surface area contributed by atoms with Gasteiger partial charge in [-0.15, -0.1) is 0 Å². The fourth-order valence-corrected chi connectivity index (χ4v) is 4.36. The van der Waals surface area contributed by atoms with Gasteiger partial charge in [-0.1, -0.05) is 6.92 Å². The zero-order valence-electron chi connectivity index (χ0n) is 14.1. The van der Waals surface area contributed by atoms with Gasteiger partial charge in [0.15, 0.2) is 0 Å². The lowest BCUT2D eigenvalue weighted by Crippen LogP contribution is -2.48. The van der Waals surface area contributed by atoms with Gasteiger partial charge in [0.1, 0.15) is 0 Å². The van der Waals surface area contributed by atoms with Crippen LogP contribution in [-0.2, 0) is 16.0 Å². The summed E-state index contributed by atoms with van der Waals surface area (Å²) in [5.74, 6) is 1.44. The molecule has 0 radical (unpaired) electrons. The summed E-state index contributed by atoms with van der Waals surface area (Å²) >= 11 is 0. The number of amides is 1. The van der Waals surface area contributed by atoms with Crippen molar-refractivity contribution in [3.05, 3.63) is 23.8 Å². The third-order valence-electron chi connectivity index (χ3n) is 5.57. The normalized spacial score (nSPS) is 27.7. The van der Waals surface area contributed by atoms with Gasteiger partial charge in [0.05, 0.1) is 13.2 Å². The molecular weight excluding hydrogens is 288 g/mol. The smallest absolute Gasteiger partial charge is 0.224 e. The average molecular weight is 314 g/mol. The zero-order chi connectivity index (χ0) is 16.0. The van der Waals surface area contributed by atoms with E-state index in [0.29, 0.717) is 17.9 Å². The number of anilines is 2. The van der Waals surface area contributed by atoms with Crippen molar-refractivity contribution in [3.8, 4) is 0 Å². The first kappa shape index (κ1) is 15.0. The van der Waals surface area contributed by atoms with E-state index < -0.39 is 0 Å². The molecule has 1 aromatic rings. The minimum atomic E-state index is 0.189. The van der Waals surface area contributed by atoms with E-state index in [4.69, 9.17) is 4.74 Å². The molecular formula is C19H26N2O2. The highest BCUT2D eigenvalue weighted by Gasteiger charge is 2.43. The summed E-state index contributed by atoms with van der Waals surface area (Å²) in [5.41, 5.74) is 3.74. The van der Waals surface area contributed by atoms with Crippen molar-refractivity contribution < 1.29 is 9.53 Å². The Bertz CT molecular complexity index is 605. The van der Waals surface area contributed by atoms with Crippen LogP contribution in [0.5, 0.6) is 0 Å². The first-order valence-electron chi connectivity index (χ1n) is 8.90. The fraction of sp³-hybridized carbons (Fsp3) is 0.632. The van der Waals surface area contributed by atoms with Crippen molar-refractivity contribution >= 4 is 17.3 Å². The average Bonchev–Trinajstić information content (AvgIpc) is 3.38. The highest BCUT2D eigenvalue weighted by molar-refractivity contribution is 5.94. The molecule has 0 bridgehead atoms. The number of rotatable bonds is 2. The molecule has 124 valence electrons. The van der Waals surface area contributed by atoms with E-state index in [2.05, 4.69) is 34.9 Å². The van der Waals surface area contributed by atoms with Crippen molar-refractivity contribution in [2.45, 2.75) is 39.2 Å². The summed E-state index contributed by atoms with van der Waals surface area (Å²) in [5, 5.41) is 0. The maximum absolute atomic E-state index is 12.3. The van der Waals surface area contributed by atoms with Crippen molar-refractivity contribution in [2.75, 3.05) is 36.1 Å². The SMILES string of the molecule is CC(=O)N1c2ccc(N3CCOCC3)cc2C[C@@H](C)[C@@H]1C1CC1. The summed E-state index contributed by atoms with van der Waals surface area (Å²) in [6.45, 7) is 7.54. The molecule has 2 fully saturated rings. The van der Waals surface area contributed by atoms with E-state index in [-0.39, 0.29) is 5.91 Å². The second kappa shape index (κ2) is 5.82. The number of ether oxygens (including phenoxy) is 1. The van der Waals surface area contributed by atoms with Crippen LogP contribution >= 0.6 is 0 Å². The summed E-state index contributed by atoms with van der Waals surface area (Å²) in [6.07, 6.45) is 3.64. The van der Waals surface area contributed by atoms with Gasteiger partial charge in [-0.2, -0.15) is 0 Å². The largest absolute Gasteiger partial charge is 0.378 e. The molecule has 23 heavy (non-hydrogen) atoms. The highest BCUT2D eigenvalue weighted by Crippen LogP contribution is 2.45. The summed E-state index contributed by atoms with van der Waals surface area (Å²) < 4.78 is 5.45. The second-order valence-corrected chi connectivity index (χ2v) is 7.31. The Kier molecular flexibility index (Phi) is 3.80. The molecule has 0 N–H and O–H groups in total. The molecule has 4 rings (SSSR count). The molecule has 0 unspecified atom stereocenters. The van der Waals surface area contributed by atoms with Crippen molar-refractivity contribution in [2.24, 2.45) is 11.8 Å². The molecule has 4 heteroatoms. The van der Waals surface area contributed by atoms with Gasteiger partial charge in [0.2, 0.25) is 5.91 Å². The number of hydrogen-bond donors (Lipinski definition) is 0. The number of hydrogen-bond acceptors (Lipinski definition) is 3. The van der Waals surface area contributed by atoms with Gasteiger partial charge in [-0.05, 0) is 54.9 Å². The van der Waals surface area contributed by atoms with Crippen LogP contribution < -0.4 is 9.80 Å². The van der Waals surface area contributed by atoms with E-state index in [1.54, 1.807) is 6.92 Å². The van der Waals surface area contributed by atoms with Crippen LogP contribution in [0, 0.1) is 11.8 Å². The third-order valence-corrected chi connectivity index (χ3v) is 5.57. The van der Waals surface area contributed by atoms with Crippen LogP contribution in [0.3, 0.4) is 0 Å². The maximum atomic E-state index is 12.3. The Morgan fingerprint density at radius 2 is 1.96 bits per heavy atom. The van der Waals surface area contributed by atoms with Gasteiger partial charge in [0.25, 0.3) is 0 Å². The van der Waals surface area contributed by atoms with Crippen LogP contribution in [0.15, 0.2) is 18.2 Å².